The molecule has 0 aliphatic carbocycles. The summed E-state index contributed by atoms with van der Waals surface area (Å²) in [5.74, 6) is -0.278. The highest BCUT2D eigenvalue weighted by Gasteiger charge is 2.23. The SMILES string of the molecule is CCCCCc1ccc(C(=O)N(CCOC)CC(=O)N(CCOC)Cc2cccn2C)cc1. The van der Waals surface area contributed by atoms with Crippen molar-refractivity contribution in [3.63, 3.8) is 0 Å². The first kappa shape index (κ1) is 26.6. The van der Waals surface area contributed by atoms with Crippen molar-refractivity contribution in [1.82, 2.24) is 14.4 Å². The van der Waals surface area contributed by atoms with Crippen molar-refractivity contribution in [2.75, 3.05) is 47.1 Å². The molecule has 0 saturated heterocycles. The van der Waals surface area contributed by atoms with Crippen molar-refractivity contribution in [3.8, 4) is 0 Å². The van der Waals surface area contributed by atoms with Crippen molar-refractivity contribution in [3.05, 3.63) is 59.4 Å². The van der Waals surface area contributed by atoms with Crippen LogP contribution < -0.4 is 0 Å². The summed E-state index contributed by atoms with van der Waals surface area (Å²) in [6.45, 7) is 4.25. The van der Waals surface area contributed by atoms with Gasteiger partial charge < -0.3 is 23.8 Å². The number of unbranched alkanes of at least 4 members (excludes halogenated alkanes) is 2. The third-order valence-electron chi connectivity index (χ3n) is 5.77. The van der Waals surface area contributed by atoms with Crippen LogP contribution in [-0.2, 0) is 34.3 Å². The normalized spacial score (nSPS) is 10.9. The number of benzene rings is 1. The number of hydrogen-bond donors (Lipinski definition) is 0. The van der Waals surface area contributed by atoms with Gasteiger partial charge in [-0.25, -0.2) is 0 Å². The molecule has 0 saturated carbocycles. The van der Waals surface area contributed by atoms with Crippen LogP contribution in [0.3, 0.4) is 0 Å². The maximum Gasteiger partial charge on any atom is 0.254 e. The lowest BCUT2D eigenvalue weighted by Crippen LogP contribution is -2.45. The maximum atomic E-state index is 13.2. The van der Waals surface area contributed by atoms with E-state index < -0.39 is 0 Å². The van der Waals surface area contributed by atoms with Crippen molar-refractivity contribution < 1.29 is 19.1 Å². The van der Waals surface area contributed by atoms with Crippen LogP contribution in [0.25, 0.3) is 0 Å². The monoisotopic (exact) mass is 457 g/mol. The number of rotatable bonds is 15. The summed E-state index contributed by atoms with van der Waals surface area (Å²) in [6.07, 6.45) is 6.51. The first-order valence-corrected chi connectivity index (χ1v) is 11.7. The van der Waals surface area contributed by atoms with Gasteiger partial charge in [-0.3, -0.25) is 9.59 Å². The van der Waals surface area contributed by atoms with Gasteiger partial charge in [0.1, 0.15) is 6.54 Å². The molecule has 0 N–H and O–H groups in total. The molecule has 0 radical (unpaired) electrons. The lowest BCUT2D eigenvalue weighted by Gasteiger charge is -2.28. The number of carbonyl (C=O) groups is 2. The molecule has 0 unspecified atom stereocenters. The molecule has 1 aromatic heterocycles. The lowest BCUT2D eigenvalue weighted by atomic mass is 10.0. The highest BCUT2D eigenvalue weighted by molar-refractivity contribution is 5.96. The van der Waals surface area contributed by atoms with Gasteiger partial charge in [0.15, 0.2) is 0 Å². The summed E-state index contributed by atoms with van der Waals surface area (Å²) in [7, 11) is 5.16. The van der Waals surface area contributed by atoms with Crippen LogP contribution in [0.4, 0.5) is 0 Å². The molecule has 0 spiro atoms. The Morgan fingerprint density at radius 1 is 0.939 bits per heavy atom. The third kappa shape index (κ3) is 8.67. The van der Waals surface area contributed by atoms with E-state index in [4.69, 9.17) is 9.47 Å². The smallest absolute Gasteiger partial charge is 0.254 e. The molecule has 1 heterocycles. The van der Waals surface area contributed by atoms with Crippen LogP contribution in [-0.4, -0.2) is 73.2 Å². The highest BCUT2D eigenvalue weighted by atomic mass is 16.5. The maximum absolute atomic E-state index is 13.2. The summed E-state index contributed by atoms with van der Waals surface area (Å²) in [5.41, 5.74) is 2.84. The second-order valence-corrected chi connectivity index (χ2v) is 8.29. The molecule has 1 aromatic carbocycles. The molecule has 0 aliphatic rings. The number of nitrogens with zero attached hydrogens (tertiary/aromatic N) is 3. The average molecular weight is 458 g/mol. The predicted octanol–water partition coefficient (Wildman–Crippen LogP) is 3.52. The fourth-order valence-corrected chi connectivity index (χ4v) is 3.64. The molecule has 0 atom stereocenters. The van der Waals surface area contributed by atoms with Gasteiger partial charge in [-0.05, 0) is 42.7 Å². The third-order valence-corrected chi connectivity index (χ3v) is 5.77. The second kappa shape index (κ2) is 14.5. The zero-order valence-electron chi connectivity index (χ0n) is 20.6. The number of ether oxygens (including phenoxy) is 2. The Hall–Kier alpha value is -2.64. The van der Waals surface area contributed by atoms with Crippen molar-refractivity contribution >= 4 is 11.8 Å². The Labute approximate surface area is 198 Å². The molecule has 0 fully saturated rings. The molecular formula is C26H39N3O4. The van der Waals surface area contributed by atoms with Gasteiger partial charge in [0.05, 0.1) is 19.8 Å². The van der Waals surface area contributed by atoms with E-state index in [0.29, 0.717) is 38.4 Å². The van der Waals surface area contributed by atoms with Crippen LogP contribution in [0.15, 0.2) is 42.6 Å². The number of hydrogen-bond acceptors (Lipinski definition) is 4. The molecular weight excluding hydrogens is 418 g/mol. The molecule has 2 aromatic rings. The Kier molecular flexibility index (Phi) is 11.7. The zero-order chi connectivity index (χ0) is 24.1. The van der Waals surface area contributed by atoms with Gasteiger partial charge >= 0.3 is 0 Å². The number of amides is 2. The Morgan fingerprint density at radius 3 is 2.18 bits per heavy atom. The first-order valence-electron chi connectivity index (χ1n) is 11.7. The van der Waals surface area contributed by atoms with E-state index in [1.165, 1.54) is 18.4 Å². The number of methoxy groups -OCH3 is 2. The summed E-state index contributed by atoms with van der Waals surface area (Å²) in [5, 5.41) is 0. The molecule has 7 heteroatoms. The molecule has 2 amide bonds. The van der Waals surface area contributed by atoms with E-state index in [1.807, 2.05) is 54.2 Å². The Balaban J connectivity index is 2.10. The molecule has 182 valence electrons. The number of aromatic nitrogens is 1. The fourth-order valence-electron chi connectivity index (χ4n) is 3.64. The van der Waals surface area contributed by atoms with Crippen LogP contribution in [0.5, 0.6) is 0 Å². The summed E-state index contributed by atoms with van der Waals surface area (Å²) in [6, 6.07) is 11.7. The van der Waals surface area contributed by atoms with Crippen LogP contribution in [0.1, 0.15) is 47.8 Å². The molecule has 0 bridgehead atoms. The standard InChI is InChI=1S/C26H39N3O4/c1-5-6-7-9-22-11-13-23(14-12-22)26(31)29(17-19-33-4)21-25(30)28(16-18-32-3)20-24-10-8-15-27(24)2/h8,10-15H,5-7,9,16-21H2,1-4H3. The van der Waals surface area contributed by atoms with Crippen LogP contribution >= 0.6 is 0 Å². The van der Waals surface area contributed by atoms with Gasteiger partial charge in [-0.2, -0.15) is 0 Å². The van der Waals surface area contributed by atoms with Crippen molar-refractivity contribution in [2.24, 2.45) is 7.05 Å². The van der Waals surface area contributed by atoms with E-state index in [-0.39, 0.29) is 18.4 Å². The van der Waals surface area contributed by atoms with Gasteiger partial charge in [-0.1, -0.05) is 31.9 Å². The van der Waals surface area contributed by atoms with Gasteiger partial charge in [-0.15, -0.1) is 0 Å². The van der Waals surface area contributed by atoms with Crippen molar-refractivity contribution in [1.29, 1.82) is 0 Å². The van der Waals surface area contributed by atoms with E-state index in [0.717, 1.165) is 18.5 Å². The molecule has 7 nitrogen and oxygen atoms in total. The molecule has 0 aliphatic heterocycles. The van der Waals surface area contributed by atoms with Crippen LogP contribution in [0.2, 0.25) is 0 Å². The summed E-state index contributed by atoms with van der Waals surface area (Å²) >= 11 is 0. The summed E-state index contributed by atoms with van der Waals surface area (Å²) in [4.78, 5) is 29.8. The summed E-state index contributed by atoms with van der Waals surface area (Å²) < 4.78 is 12.4. The zero-order valence-corrected chi connectivity index (χ0v) is 20.6. The Morgan fingerprint density at radius 2 is 1.61 bits per heavy atom. The largest absolute Gasteiger partial charge is 0.383 e. The quantitative estimate of drug-likeness (QED) is 0.384. The van der Waals surface area contributed by atoms with E-state index in [9.17, 15) is 9.59 Å². The van der Waals surface area contributed by atoms with Gasteiger partial charge in [0, 0.05) is 51.8 Å². The number of aryl methyl sites for hydroxylation is 2. The van der Waals surface area contributed by atoms with E-state index in [2.05, 4.69) is 6.92 Å². The van der Waals surface area contributed by atoms with Crippen LogP contribution in [0, 0.1) is 0 Å². The number of carbonyl (C=O) groups excluding carboxylic acids is 2. The first-order chi connectivity index (χ1) is 16.0. The molecule has 2 rings (SSSR count). The molecule has 33 heavy (non-hydrogen) atoms. The van der Waals surface area contributed by atoms with Gasteiger partial charge in [0.2, 0.25) is 5.91 Å². The highest BCUT2D eigenvalue weighted by Crippen LogP contribution is 2.12. The minimum Gasteiger partial charge on any atom is -0.383 e. The minimum absolute atomic E-state index is 0.00538. The average Bonchev–Trinajstić information content (AvgIpc) is 3.23. The second-order valence-electron chi connectivity index (χ2n) is 8.29. The fraction of sp³-hybridized carbons (Fsp3) is 0.538. The Bertz CT molecular complexity index is 847. The van der Waals surface area contributed by atoms with Gasteiger partial charge in [0.25, 0.3) is 5.91 Å². The minimum atomic E-state index is -0.161. The van der Waals surface area contributed by atoms with E-state index >= 15 is 0 Å². The lowest BCUT2D eigenvalue weighted by molar-refractivity contribution is -0.133. The predicted molar refractivity (Wildman–Crippen MR) is 130 cm³/mol. The van der Waals surface area contributed by atoms with E-state index in [1.54, 1.807) is 24.0 Å². The topological polar surface area (TPSA) is 64.0 Å². The van der Waals surface area contributed by atoms with Crippen molar-refractivity contribution in [2.45, 2.75) is 39.2 Å².